The van der Waals surface area contributed by atoms with Gasteiger partial charge >= 0.3 is 11.9 Å². The fraction of sp³-hybridized carbons (Fsp3) is 0.600. The quantitative estimate of drug-likeness (QED) is 0.427. The van der Waals surface area contributed by atoms with E-state index in [4.69, 9.17) is 29.2 Å². The Bertz CT molecular complexity index is 2030. The third-order valence-corrected chi connectivity index (χ3v) is 15.6. The minimum atomic E-state index is -3.15. The highest BCUT2D eigenvalue weighted by atomic mass is 32.2. The molecule has 18 heteroatoms. The summed E-state index contributed by atoms with van der Waals surface area (Å²) in [6, 6.07) is 9.31. The summed E-state index contributed by atoms with van der Waals surface area (Å²) in [5.74, 6) is 1.73. The van der Waals surface area contributed by atoms with Gasteiger partial charge in [-0.2, -0.15) is 8.61 Å². The van der Waals surface area contributed by atoms with Crippen molar-refractivity contribution in [3.63, 3.8) is 0 Å². The highest BCUT2D eigenvalue weighted by molar-refractivity contribution is 7.88. The molecule has 4 saturated heterocycles. The van der Waals surface area contributed by atoms with Crippen LogP contribution in [0.2, 0.25) is 0 Å². The monoisotopic (exact) mass is 844 g/mol. The first-order valence-electron chi connectivity index (χ1n) is 20.0. The maximum Gasteiger partial charge on any atom is 0.328 e. The lowest BCUT2D eigenvalue weighted by Crippen LogP contribution is -2.57. The molecule has 0 radical (unpaired) electrons. The van der Waals surface area contributed by atoms with E-state index in [2.05, 4.69) is 34.1 Å². The van der Waals surface area contributed by atoms with Crippen LogP contribution in [0.15, 0.2) is 36.4 Å². The minimum absolute atomic E-state index is 0.126. The first-order chi connectivity index (χ1) is 27.6. The van der Waals surface area contributed by atoms with Crippen molar-refractivity contribution in [3.05, 3.63) is 58.7 Å². The number of hydrogen-bond donors (Lipinski definition) is 2. The van der Waals surface area contributed by atoms with Gasteiger partial charge in [0.15, 0.2) is 23.0 Å². The van der Waals surface area contributed by atoms with Gasteiger partial charge in [-0.1, -0.05) is 0 Å². The molecule has 0 saturated carbocycles. The van der Waals surface area contributed by atoms with E-state index >= 15 is 0 Å². The number of nitrogens with zero attached hydrogens (tertiary/aromatic N) is 4. The second kappa shape index (κ2) is 16.3. The lowest BCUT2D eigenvalue weighted by Gasteiger charge is -2.51. The first kappa shape index (κ1) is 40.8. The van der Waals surface area contributed by atoms with Gasteiger partial charge in [0.25, 0.3) is 0 Å². The summed E-state index contributed by atoms with van der Waals surface area (Å²) in [6.07, 6.45) is 11.8. The summed E-state index contributed by atoms with van der Waals surface area (Å²) in [6.45, 7) is 5.99. The number of carbonyl (C=O) groups is 2. The number of carboxylic acids is 2. The molecule has 2 aromatic rings. The Hall–Kier alpha value is -3.94. The summed E-state index contributed by atoms with van der Waals surface area (Å²) in [7, 11) is -6.30. The van der Waals surface area contributed by atoms with Gasteiger partial charge in [-0.25, -0.2) is 26.4 Å². The number of aliphatic carboxylic acids is 2. The van der Waals surface area contributed by atoms with Gasteiger partial charge in [-0.3, -0.25) is 9.80 Å². The van der Waals surface area contributed by atoms with E-state index in [0.29, 0.717) is 50.7 Å². The molecule has 0 unspecified atom stereocenters. The van der Waals surface area contributed by atoms with Gasteiger partial charge in [-0.15, -0.1) is 0 Å². The van der Waals surface area contributed by atoms with Crippen molar-refractivity contribution in [2.75, 3.05) is 65.4 Å². The van der Waals surface area contributed by atoms with Gasteiger partial charge in [0.1, 0.15) is 0 Å². The Morgan fingerprint density at radius 2 is 1.00 bits per heavy atom. The molecular formula is C40H52N4O12S2. The molecule has 0 aromatic heterocycles. The number of sulfonamides is 2. The van der Waals surface area contributed by atoms with E-state index in [1.807, 2.05) is 0 Å². The maximum atomic E-state index is 12.3. The molecule has 2 N–H and O–H groups in total. The van der Waals surface area contributed by atoms with Crippen molar-refractivity contribution >= 4 is 32.0 Å². The number of fused-ring (bicyclic) bond motifs is 10. The van der Waals surface area contributed by atoms with Crippen LogP contribution < -0.4 is 18.9 Å². The third-order valence-electron chi connectivity index (χ3n) is 13.0. The normalized spacial score (nSPS) is 28.9. The molecule has 6 atom stereocenters. The number of benzene rings is 2. The Balaban J connectivity index is 0.000000137. The van der Waals surface area contributed by atoms with E-state index < -0.39 is 32.0 Å². The highest BCUT2D eigenvalue weighted by Gasteiger charge is 2.47. The Morgan fingerprint density at radius 1 is 0.621 bits per heavy atom. The van der Waals surface area contributed by atoms with Crippen LogP contribution in [0.25, 0.3) is 0 Å². The van der Waals surface area contributed by atoms with Gasteiger partial charge in [0.2, 0.25) is 33.6 Å². The molecular weight excluding hydrogens is 793 g/mol. The summed E-state index contributed by atoms with van der Waals surface area (Å²) in [5.41, 5.74) is 5.25. The highest BCUT2D eigenvalue weighted by Crippen LogP contribution is 2.48. The summed E-state index contributed by atoms with van der Waals surface area (Å²) in [5, 5.41) is 15.6. The number of carboxylic acid groups (broad SMARTS) is 2. The molecule has 8 heterocycles. The molecule has 0 spiro atoms. The molecule has 0 amide bonds. The van der Waals surface area contributed by atoms with Crippen molar-refractivity contribution < 1.29 is 55.6 Å². The Kier molecular flexibility index (Phi) is 11.4. The van der Waals surface area contributed by atoms with E-state index in [9.17, 15) is 26.4 Å². The topological polar surface area (TPSA) is 193 Å². The van der Waals surface area contributed by atoms with Crippen molar-refractivity contribution in [1.29, 1.82) is 0 Å². The standard InChI is InChI=1S/2C18H24N2O4S.C4H4O4/c2*1-25(21,22)20-5-2-3-13-10-19-6-4-12-7-17-18(24-11-23-17)8-14(12)16(19)9-15(13)20;5-3(6)1-2-4(7)8/h2*7-8,13,15-16H,2-6,9-11H2,1H3;1-2H,(H,5,6)(H,7,8)/b;;2-1+/t2*13-,15+,16+;/m11./s1. The zero-order valence-corrected chi connectivity index (χ0v) is 34.5. The van der Waals surface area contributed by atoms with Gasteiger partial charge in [-0.05, 0) is 110 Å². The fourth-order valence-corrected chi connectivity index (χ4v) is 13.0. The SMILES string of the molecule is CS(=O)(=O)N1CCC[C@@H]2CN3CCc4cc5c(cc4[C@@H]3C[C@@H]21)OCO5.CS(=O)(=O)N1CCC[C@@H]2CN3CCc4cc5c(cc4[C@@H]3C[C@@H]21)OCO5.O=C(O)/C=C/C(=O)O. The van der Waals surface area contributed by atoms with Crippen LogP contribution >= 0.6 is 0 Å². The number of ether oxygens (including phenoxy) is 4. The van der Waals surface area contributed by atoms with Crippen LogP contribution in [0.3, 0.4) is 0 Å². The van der Waals surface area contributed by atoms with E-state index in [-0.39, 0.29) is 24.2 Å². The zero-order valence-electron chi connectivity index (χ0n) is 32.8. The molecule has 8 aliphatic heterocycles. The average Bonchev–Trinajstić information content (AvgIpc) is 3.85. The first-order valence-corrected chi connectivity index (χ1v) is 23.7. The molecule has 2 aromatic carbocycles. The summed E-state index contributed by atoms with van der Waals surface area (Å²) >= 11 is 0. The van der Waals surface area contributed by atoms with E-state index in [0.717, 1.165) is 101 Å². The molecule has 0 aliphatic carbocycles. The molecule has 316 valence electrons. The van der Waals surface area contributed by atoms with E-state index in [1.165, 1.54) is 34.8 Å². The van der Waals surface area contributed by atoms with Crippen LogP contribution in [0, 0.1) is 11.8 Å². The predicted molar refractivity (Wildman–Crippen MR) is 211 cm³/mol. The van der Waals surface area contributed by atoms with Crippen LogP contribution in [0.5, 0.6) is 23.0 Å². The number of rotatable bonds is 4. The van der Waals surface area contributed by atoms with Gasteiger partial charge in [0.05, 0.1) is 12.5 Å². The Labute approximate surface area is 339 Å². The zero-order chi connectivity index (χ0) is 40.9. The lowest BCUT2D eigenvalue weighted by molar-refractivity contribution is -0.134. The predicted octanol–water partition coefficient (Wildman–Crippen LogP) is 3.23. The number of hydrogen-bond acceptors (Lipinski definition) is 12. The molecule has 58 heavy (non-hydrogen) atoms. The molecule has 8 aliphatic rings. The van der Waals surface area contributed by atoms with Crippen LogP contribution in [0.4, 0.5) is 0 Å². The Morgan fingerprint density at radius 3 is 1.36 bits per heavy atom. The lowest BCUT2D eigenvalue weighted by atomic mass is 9.77. The van der Waals surface area contributed by atoms with Gasteiger partial charge in [0, 0.05) is 75.6 Å². The van der Waals surface area contributed by atoms with Crippen LogP contribution in [-0.2, 0) is 42.5 Å². The smallest absolute Gasteiger partial charge is 0.328 e. The molecule has 0 bridgehead atoms. The second-order valence-corrected chi connectivity index (χ2v) is 20.4. The summed E-state index contributed by atoms with van der Waals surface area (Å²) < 4.78 is 74.8. The van der Waals surface area contributed by atoms with Gasteiger partial charge < -0.3 is 29.2 Å². The molecule has 16 nitrogen and oxygen atoms in total. The van der Waals surface area contributed by atoms with Crippen molar-refractivity contribution in [2.45, 2.75) is 75.5 Å². The average molecular weight is 845 g/mol. The molecule has 4 fully saturated rings. The van der Waals surface area contributed by atoms with E-state index in [1.54, 1.807) is 8.61 Å². The fourth-order valence-electron chi connectivity index (χ4n) is 10.6. The van der Waals surface area contributed by atoms with Crippen molar-refractivity contribution in [3.8, 4) is 23.0 Å². The minimum Gasteiger partial charge on any atom is -0.478 e. The summed E-state index contributed by atoms with van der Waals surface area (Å²) in [4.78, 5) is 24.2. The molecule has 10 rings (SSSR count). The van der Waals surface area contributed by atoms with Crippen molar-refractivity contribution in [1.82, 2.24) is 18.4 Å². The largest absolute Gasteiger partial charge is 0.478 e. The maximum absolute atomic E-state index is 12.3. The third kappa shape index (κ3) is 8.41. The number of piperidine rings is 4. The second-order valence-electron chi connectivity index (χ2n) is 16.5. The van der Waals surface area contributed by atoms with Crippen LogP contribution in [-0.4, -0.2) is 135 Å². The van der Waals surface area contributed by atoms with Crippen LogP contribution in [0.1, 0.15) is 72.9 Å². The van der Waals surface area contributed by atoms with Crippen molar-refractivity contribution in [2.24, 2.45) is 11.8 Å².